The number of hydrogen-bond acceptors (Lipinski definition) is 4. The van der Waals surface area contributed by atoms with Gasteiger partial charge in [-0.05, 0) is 48.9 Å². The molecule has 1 atom stereocenters. The van der Waals surface area contributed by atoms with Crippen molar-refractivity contribution in [1.29, 1.82) is 0 Å². The highest BCUT2D eigenvalue weighted by atomic mass is 35.7. The van der Waals surface area contributed by atoms with Crippen molar-refractivity contribution in [3.05, 3.63) is 35.2 Å². The molecule has 128 valence electrons. The van der Waals surface area contributed by atoms with E-state index in [0.29, 0.717) is 28.7 Å². The van der Waals surface area contributed by atoms with E-state index < -0.39 is 20.9 Å². The molecule has 0 spiro atoms. The van der Waals surface area contributed by atoms with Gasteiger partial charge in [-0.3, -0.25) is 9.78 Å². The number of aromatic nitrogens is 1. The molecule has 8 heteroatoms. The normalized spacial score (nSPS) is 19.8. The smallest absolute Gasteiger partial charge is 0.307 e. The number of pyridine rings is 1. The molecule has 5 nitrogen and oxygen atoms in total. The summed E-state index contributed by atoms with van der Waals surface area (Å²) in [6.07, 6.45) is 4.32. The first-order valence-electron chi connectivity index (χ1n) is 7.46. The van der Waals surface area contributed by atoms with Gasteiger partial charge >= 0.3 is 5.97 Å². The van der Waals surface area contributed by atoms with E-state index in [1.54, 1.807) is 12.3 Å². The number of carbonyl (C=O) groups is 1. The van der Waals surface area contributed by atoms with Gasteiger partial charge in [-0.1, -0.05) is 0 Å². The lowest BCUT2D eigenvalue weighted by Gasteiger charge is -2.11. The molecule has 0 aliphatic heterocycles. The average Bonchev–Trinajstić information content (AvgIpc) is 3.22. The van der Waals surface area contributed by atoms with Gasteiger partial charge in [-0.2, -0.15) is 0 Å². The van der Waals surface area contributed by atoms with Crippen LogP contribution in [0.4, 0.5) is 0 Å². The van der Waals surface area contributed by atoms with Gasteiger partial charge in [0.1, 0.15) is 0 Å². The van der Waals surface area contributed by atoms with Gasteiger partial charge in [0.25, 0.3) is 9.05 Å². The van der Waals surface area contributed by atoms with Crippen molar-refractivity contribution in [2.45, 2.75) is 36.5 Å². The molecule has 1 N–H and O–H groups in total. The van der Waals surface area contributed by atoms with E-state index in [9.17, 15) is 18.3 Å². The number of fused-ring (bicyclic) bond motifs is 2. The van der Waals surface area contributed by atoms with E-state index in [0.717, 1.165) is 24.1 Å². The highest BCUT2D eigenvalue weighted by molar-refractivity contribution is 8.14. The monoisotopic (exact) mass is 387 g/mol. The van der Waals surface area contributed by atoms with E-state index in [1.165, 1.54) is 0 Å². The second kappa shape index (κ2) is 5.86. The van der Waals surface area contributed by atoms with Crippen LogP contribution in [0.2, 0.25) is 0 Å². The van der Waals surface area contributed by atoms with Crippen LogP contribution in [0.1, 0.15) is 35.6 Å². The Bertz CT molecular complexity index is 954. The molecule has 0 amide bonds. The molecule has 1 fully saturated rings. The highest BCUT2D eigenvalue weighted by Gasteiger charge is 2.34. The zero-order chi connectivity index (χ0) is 16.4. The second-order valence-electron chi connectivity index (χ2n) is 6.33. The molecule has 0 radical (unpaired) electrons. The van der Waals surface area contributed by atoms with Crippen LogP contribution in [0.15, 0.2) is 23.2 Å². The molecule has 1 heterocycles. The minimum atomic E-state index is -3.97. The number of benzene rings is 1. The van der Waals surface area contributed by atoms with Crippen LogP contribution in [0.5, 0.6) is 0 Å². The third-order valence-corrected chi connectivity index (χ3v) is 6.11. The zero-order valence-electron chi connectivity index (χ0n) is 12.5. The third kappa shape index (κ3) is 2.87. The molecule has 2 aromatic rings. The lowest BCUT2D eigenvalue weighted by molar-refractivity contribution is -0.141. The van der Waals surface area contributed by atoms with Crippen molar-refractivity contribution in [3.8, 4) is 0 Å². The topological polar surface area (TPSA) is 84.3 Å². The first kappa shape index (κ1) is 17.5. The summed E-state index contributed by atoms with van der Waals surface area (Å²) in [5, 5.41) is 10.5. The number of rotatable bonds is 3. The van der Waals surface area contributed by atoms with Gasteiger partial charge in [0, 0.05) is 39.3 Å². The van der Waals surface area contributed by atoms with E-state index >= 15 is 0 Å². The minimum Gasteiger partial charge on any atom is -0.481 e. The highest BCUT2D eigenvalue weighted by Crippen LogP contribution is 2.43. The van der Waals surface area contributed by atoms with Crippen molar-refractivity contribution in [2.24, 2.45) is 5.92 Å². The summed E-state index contributed by atoms with van der Waals surface area (Å²) in [7, 11) is 1.73. The number of halogens is 2. The zero-order valence-corrected chi connectivity index (χ0v) is 14.9. The molecular weight excluding hydrogens is 373 g/mol. The Labute approximate surface area is 149 Å². The quantitative estimate of drug-likeness (QED) is 0.816. The fourth-order valence-electron chi connectivity index (χ4n) is 3.42. The summed E-state index contributed by atoms with van der Waals surface area (Å²) in [6.45, 7) is 0. The Morgan fingerprint density at radius 1 is 1.25 bits per heavy atom. The molecule has 0 saturated heterocycles. The summed E-state index contributed by atoms with van der Waals surface area (Å²) in [5.74, 6) is -1.12. The van der Waals surface area contributed by atoms with Crippen LogP contribution in [0.25, 0.3) is 10.8 Å². The maximum atomic E-state index is 12.2. The second-order valence-corrected chi connectivity index (χ2v) is 8.83. The number of hydrogen-bond donors (Lipinski definition) is 1. The molecule has 0 bridgehead atoms. The fraction of sp³-hybridized carbons (Fsp3) is 0.375. The Balaban J connectivity index is 0.00000169. The fourth-order valence-corrected chi connectivity index (χ4v) is 4.90. The van der Waals surface area contributed by atoms with Gasteiger partial charge in [-0.25, -0.2) is 8.42 Å². The standard InChI is InChI=1S/C16H14ClNO4S.ClH/c17-23(21,22)15-12-5-10(16(19)20)3-9(12)4-11-7-18-14(6-13(11)15)8-1-2-8;/h4,6-8,10H,1-3,5H2,(H,19,20);1H. The maximum absolute atomic E-state index is 12.2. The van der Waals surface area contributed by atoms with E-state index in [1.807, 2.05) is 6.07 Å². The largest absolute Gasteiger partial charge is 0.481 e. The van der Waals surface area contributed by atoms with Gasteiger partial charge in [-0.15, -0.1) is 12.4 Å². The molecule has 2 aliphatic carbocycles. The number of carboxylic acids is 1. The van der Waals surface area contributed by atoms with Crippen molar-refractivity contribution in [2.75, 3.05) is 0 Å². The Kier molecular flexibility index (Phi) is 4.26. The lowest BCUT2D eigenvalue weighted by Crippen LogP contribution is -2.13. The van der Waals surface area contributed by atoms with Crippen LogP contribution >= 0.6 is 23.1 Å². The maximum Gasteiger partial charge on any atom is 0.307 e. The van der Waals surface area contributed by atoms with Gasteiger partial charge < -0.3 is 5.11 Å². The molecule has 2 aliphatic rings. The molecule has 1 aromatic carbocycles. The summed E-state index contributed by atoms with van der Waals surface area (Å²) >= 11 is 0. The first-order chi connectivity index (χ1) is 10.8. The summed E-state index contributed by atoms with van der Waals surface area (Å²) in [4.78, 5) is 15.8. The molecular formula is C16H15Cl2NO4S. The Morgan fingerprint density at radius 2 is 1.96 bits per heavy atom. The summed E-state index contributed by atoms with van der Waals surface area (Å²) in [5.41, 5.74) is 2.17. The summed E-state index contributed by atoms with van der Waals surface area (Å²) in [6, 6.07) is 3.65. The number of nitrogens with zero attached hydrogens (tertiary/aromatic N) is 1. The average molecular weight is 388 g/mol. The van der Waals surface area contributed by atoms with E-state index in [2.05, 4.69) is 4.98 Å². The van der Waals surface area contributed by atoms with Crippen LogP contribution in [0.3, 0.4) is 0 Å². The predicted molar refractivity (Wildman–Crippen MR) is 92.5 cm³/mol. The molecule has 4 rings (SSSR count). The van der Waals surface area contributed by atoms with E-state index in [4.69, 9.17) is 10.7 Å². The molecule has 1 unspecified atom stereocenters. The van der Waals surface area contributed by atoms with Crippen LogP contribution in [-0.4, -0.2) is 24.5 Å². The SMILES string of the molecule is Cl.O=C(O)C1Cc2cc3cnc(C4CC4)cc3c(S(=O)(=O)Cl)c2C1. The van der Waals surface area contributed by atoms with Crippen molar-refractivity contribution in [1.82, 2.24) is 4.98 Å². The van der Waals surface area contributed by atoms with Crippen LogP contribution in [-0.2, 0) is 26.7 Å². The first-order valence-corrected chi connectivity index (χ1v) is 9.77. The predicted octanol–water partition coefficient (Wildman–Crippen LogP) is 3.26. The minimum absolute atomic E-state index is 0. The van der Waals surface area contributed by atoms with Gasteiger partial charge in [0.05, 0.1) is 10.8 Å². The van der Waals surface area contributed by atoms with Crippen LogP contribution in [0, 0.1) is 5.92 Å². The molecule has 1 aromatic heterocycles. The van der Waals surface area contributed by atoms with Gasteiger partial charge in [0.2, 0.25) is 0 Å². The Morgan fingerprint density at radius 3 is 2.54 bits per heavy atom. The van der Waals surface area contributed by atoms with Crippen molar-refractivity contribution in [3.63, 3.8) is 0 Å². The Hall–Kier alpha value is -1.37. The van der Waals surface area contributed by atoms with Gasteiger partial charge in [0.15, 0.2) is 0 Å². The number of aliphatic carboxylic acids is 1. The third-order valence-electron chi connectivity index (χ3n) is 4.70. The van der Waals surface area contributed by atoms with E-state index in [-0.39, 0.29) is 23.7 Å². The summed E-state index contributed by atoms with van der Waals surface area (Å²) < 4.78 is 24.4. The number of carboxylic acid groups (broad SMARTS) is 1. The molecule has 1 saturated carbocycles. The van der Waals surface area contributed by atoms with Crippen molar-refractivity contribution >= 4 is 48.9 Å². The van der Waals surface area contributed by atoms with Crippen LogP contribution < -0.4 is 0 Å². The van der Waals surface area contributed by atoms with Crippen molar-refractivity contribution < 1.29 is 18.3 Å². The molecule has 24 heavy (non-hydrogen) atoms. The lowest BCUT2D eigenvalue weighted by atomic mass is 10.0.